The Bertz CT molecular complexity index is 943. The fourth-order valence-corrected chi connectivity index (χ4v) is 2.41. The molecule has 0 fully saturated rings. The van der Waals surface area contributed by atoms with Gasteiger partial charge in [0.05, 0.1) is 17.6 Å². The fourth-order valence-electron chi connectivity index (χ4n) is 2.41. The summed E-state index contributed by atoms with van der Waals surface area (Å²) in [7, 11) is 0. The number of fused-ring (bicyclic) bond motifs is 1. The van der Waals surface area contributed by atoms with Crippen molar-refractivity contribution in [2.24, 2.45) is 0 Å². The summed E-state index contributed by atoms with van der Waals surface area (Å²) in [5.74, 6) is -0.700. The molecule has 0 atom stereocenters. The van der Waals surface area contributed by atoms with E-state index in [-0.39, 0.29) is 23.9 Å². The van der Waals surface area contributed by atoms with Gasteiger partial charge in [0, 0.05) is 18.3 Å². The lowest BCUT2D eigenvalue weighted by atomic mass is 10.2. The first-order valence-electron chi connectivity index (χ1n) is 8.20. The molecule has 1 aromatic carbocycles. The van der Waals surface area contributed by atoms with E-state index in [0.717, 1.165) is 0 Å². The Morgan fingerprint density at radius 1 is 1.19 bits per heavy atom. The molecule has 1 N–H and O–H groups in total. The van der Waals surface area contributed by atoms with Gasteiger partial charge in [-0.2, -0.15) is 0 Å². The number of nitrogens with one attached hydrogen (secondary N) is 1. The second kappa shape index (κ2) is 8.20. The fraction of sp³-hybridized carbons (Fsp3) is 0.150. The van der Waals surface area contributed by atoms with E-state index < -0.39 is 5.82 Å². The summed E-state index contributed by atoms with van der Waals surface area (Å²) in [4.78, 5) is 20.7. The van der Waals surface area contributed by atoms with Crippen LogP contribution in [0, 0.1) is 5.82 Å². The molecule has 0 radical (unpaired) electrons. The van der Waals surface area contributed by atoms with E-state index in [1.165, 1.54) is 0 Å². The molecule has 26 heavy (non-hydrogen) atoms. The Hall–Kier alpha value is -3.28. The molecule has 0 aliphatic rings. The average Bonchev–Trinajstić information content (AvgIpc) is 2.68. The topological polar surface area (TPSA) is 64.1 Å². The summed E-state index contributed by atoms with van der Waals surface area (Å²) >= 11 is 0. The van der Waals surface area contributed by atoms with Crippen LogP contribution in [0.4, 0.5) is 4.39 Å². The molecular weight excluding hydrogens is 333 g/mol. The minimum absolute atomic E-state index is 0.0378. The van der Waals surface area contributed by atoms with Gasteiger partial charge in [-0.05, 0) is 36.8 Å². The number of carbonyl (C=O) groups excluding carboxylic acids is 1. The number of pyridine rings is 2. The minimum atomic E-state index is -0.479. The van der Waals surface area contributed by atoms with Crippen molar-refractivity contribution in [3.05, 3.63) is 78.4 Å². The van der Waals surface area contributed by atoms with Crippen LogP contribution in [-0.2, 0) is 6.54 Å². The first kappa shape index (κ1) is 17.5. The van der Waals surface area contributed by atoms with Crippen LogP contribution >= 0.6 is 0 Å². The zero-order valence-corrected chi connectivity index (χ0v) is 14.1. The summed E-state index contributed by atoms with van der Waals surface area (Å²) in [6.45, 7) is 3.99. The first-order valence-corrected chi connectivity index (χ1v) is 8.20. The standard InChI is InChI=1S/C20H18FN3O2/c1-2-3-12-26-18-8-4-6-14(19(18)21)13-23-20(25)17-10-9-15-16(24-17)7-5-11-22-15/h2,4-11H,1,3,12-13H2,(H,23,25). The molecule has 0 bridgehead atoms. The molecule has 2 aromatic heterocycles. The van der Waals surface area contributed by atoms with Gasteiger partial charge in [-0.25, -0.2) is 9.37 Å². The van der Waals surface area contributed by atoms with Gasteiger partial charge in [0.1, 0.15) is 5.69 Å². The highest BCUT2D eigenvalue weighted by atomic mass is 19.1. The Morgan fingerprint density at radius 3 is 2.92 bits per heavy atom. The van der Waals surface area contributed by atoms with Gasteiger partial charge in [-0.3, -0.25) is 9.78 Å². The molecule has 0 aliphatic carbocycles. The number of amides is 1. The van der Waals surface area contributed by atoms with E-state index in [1.807, 2.05) is 0 Å². The van der Waals surface area contributed by atoms with Crippen LogP contribution < -0.4 is 10.1 Å². The third-order valence-electron chi connectivity index (χ3n) is 3.75. The zero-order chi connectivity index (χ0) is 18.4. The van der Waals surface area contributed by atoms with E-state index >= 15 is 0 Å². The zero-order valence-electron chi connectivity index (χ0n) is 14.1. The maximum absolute atomic E-state index is 14.4. The highest BCUT2D eigenvalue weighted by Crippen LogP contribution is 2.20. The van der Waals surface area contributed by atoms with Crippen LogP contribution in [0.25, 0.3) is 11.0 Å². The quantitative estimate of drug-likeness (QED) is 0.521. The third kappa shape index (κ3) is 4.03. The lowest BCUT2D eigenvalue weighted by Gasteiger charge is -2.10. The number of aromatic nitrogens is 2. The van der Waals surface area contributed by atoms with Crippen molar-refractivity contribution in [2.45, 2.75) is 13.0 Å². The van der Waals surface area contributed by atoms with Gasteiger partial charge in [0.2, 0.25) is 0 Å². The van der Waals surface area contributed by atoms with Crippen molar-refractivity contribution in [3.8, 4) is 5.75 Å². The van der Waals surface area contributed by atoms with Gasteiger partial charge in [0.25, 0.3) is 5.91 Å². The molecule has 1 amide bonds. The number of nitrogens with zero attached hydrogens (tertiary/aromatic N) is 2. The van der Waals surface area contributed by atoms with Crippen LogP contribution in [0.1, 0.15) is 22.5 Å². The van der Waals surface area contributed by atoms with Gasteiger partial charge < -0.3 is 10.1 Å². The first-order chi connectivity index (χ1) is 12.7. The predicted octanol–water partition coefficient (Wildman–Crippen LogP) is 3.65. The summed E-state index contributed by atoms with van der Waals surface area (Å²) < 4.78 is 19.8. The molecule has 0 spiro atoms. The van der Waals surface area contributed by atoms with Crippen molar-refractivity contribution < 1.29 is 13.9 Å². The third-order valence-corrected chi connectivity index (χ3v) is 3.75. The summed E-state index contributed by atoms with van der Waals surface area (Å²) in [6, 6.07) is 11.7. The SMILES string of the molecule is C=CCCOc1cccc(CNC(=O)c2ccc3ncccc3n2)c1F. The number of rotatable bonds is 7. The molecule has 132 valence electrons. The molecule has 6 heteroatoms. The van der Waals surface area contributed by atoms with Crippen LogP contribution in [0.15, 0.2) is 61.3 Å². The molecule has 0 saturated carbocycles. The van der Waals surface area contributed by atoms with Gasteiger partial charge >= 0.3 is 0 Å². The lowest BCUT2D eigenvalue weighted by Crippen LogP contribution is -2.24. The number of halogens is 1. The number of ether oxygens (including phenoxy) is 1. The molecule has 0 aliphatic heterocycles. The maximum Gasteiger partial charge on any atom is 0.270 e. The highest BCUT2D eigenvalue weighted by molar-refractivity contribution is 5.94. The van der Waals surface area contributed by atoms with E-state index in [9.17, 15) is 9.18 Å². The smallest absolute Gasteiger partial charge is 0.270 e. The summed E-state index contributed by atoms with van der Waals surface area (Å²) in [5.41, 5.74) is 1.93. The lowest BCUT2D eigenvalue weighted by molar-refractivity contribution is 0.0946. The molecule has 3 rings (SSSR count). The summed E-state index contributed by atoms with van der Waals surface area (Å²) in [5, 5.41) is 2.68. The number of hydrogen-bond acceptors (Lipinski definition) is 4. The molecule has 2 heterocycles. The second-order valence-electron chi connectivity index (χ2n) is 5.58. The van der Waals surface area contributed by atoms with Crippen LogP contribution in [-0.4, -0.2) is 22.5 Å². The Labute approximate surface area is 150 Å². The van der Waals surface area contributed by atoms with Gasteiger partial charge in [0.15, 0.2) is 11.6 Å². The average molecular weight is 351 g/mol. The molecule has 5 nitrogen and oxygen atoms in total. The van der Waals surface area contributed by atoms with Crippen molar-refractivity contribution in [2.75, 3.05) is 6.61 Å². The Balaban J connectivity index is 1.68. The van der Waals surface area contributed by atoms with Crippen molar-refractivity contribution >= 4 is 16.9 Å². The monoisotopic (exact) mass is 351 g/mol. The second-order valence-corrected chi connectivity index (χ2v) is 5.58. The van der Waals surface area contributed by atoms with E-state index in [4.69, 9.17) is 4.74 Å². The summed E-state index contributed by atoms with van der Waals surface area (Å²) in [6.07, 6.45) is 3.99. The molecular formula is C20H18FN3O2. The minimum Gasteiger partial charge on any atom is -0.490 e. The van der Waals surface area contributed by atoms with E-state index in [2.05, 4.69) is 21.9 Å². The van der Waals surface area contributed by atoms with Crippen LogP contribution in [0.2, 0.25) is 0 Å². The van der Waals surface area contributed by atoms with Crippen molar-refractivity contribution in [1.82, 2.24) is 15.3 Å². The number of carbonyl (C=O) groups is 1. The van der Waals surface area contributed by atoms with Crippen LogP contribution in [0.3, 0.4) is 0 Å². The molecule has 0 saturated heterocycles. The normalized spacial score (nSPS) is 10.5. The van der Waals surface area contributed by atoms with Crippen molar-refractivity contribution in [1.29, 1.82) is 0 Å². The van der Waals surface area contributed by atoms with Gasteiger partial charge in [-0.15, -0.1) is 6.58 Å². The predicted molar refractivity (Wildman–Crippen MR) is 97.4 cm³/mol. The number of hydrogen-bond donors (Lipinski definition) is 1. The van der Waals surface area contributed by atoms with E-state index in [1.54, 1.807) is 54.7 Å². The van der Waals surface area contributed by atoms with Crippen LogP contribution in [0.5, 0.6) is 5.75 Å². The molecule has 0 unspecified atom stereocenters. The largest absolute Gasteiger partial charge is 0.490 e. The maximum atomic E-state index is 14.4. The Morgan fingerprint density at radius 2 is 2.08 bits per heavy atom. The van der Waals surface area contributed by atoms with Gasteiger partial charge in [-0.1, -0.05) is 18.2 Å². The molecule has 3 aromatic rings. The highest BCUT2D eigenvalue weighted by Gasteiger charge is 2.12. The number of benzene rings is 1. The Kier molecular flexibility index (Phi) is 5.53. The van der Waals surface area contributed by atoms with Crippen molar-refractivity contribution in [3.63, 3.8) is 0 Å². The van der Waals surface area contributed by atoms with E-state index in [0.29, 0.717) is 29.6 Å².